The molecular formula is C22H24N6O2. The van der Waals surface area contributed by atoms with E-state index in [-0.39, 0.29) is 12.1 Å². The normalized spacial score (nSPS) is 13.7. The lowest BCUT2D eigenvalue weighted by molar-refractivity contribution is 0.648. The number of imidazole rings is 1. The molecule has 3 heterocycles. The smallest absolute Gasteiger partial charge is 0.297 e. The predicted octanol–water partition coefficient (Wildman–Crippen LogP) is 2.38. The third-order valence-corrected chi connectivity index (χ3v) is 4.94. The molecule has 0 radical (unpaired) electrons. The zero-order chi connectivity index (χ0) is 21.4. The fourth-order valence-electron chi connectivity index (χ4n) is 3.60. The van der Waals surface area contributed by atoms with Crippen LogP contribution in [-0.2, 0) is 20.1 Å². The van der Waals surface area contributed by atoms with Gasteiger partial charge in [0.25, 0.3) is 5.56 Å². The molecule has 0 saturated carbocycles. The molecule has 0 saturated heterocycles. The molecule has 0 spiro atoms. The van der Waals surface area contributed by atoms with Crippen molar-refractivity contribution in [3.63, 3.8) is 0 Å². The highest BCUT2D eigenvalue weighted by Gasteiger charge is 2.26. The van der Waals surface area contributed by atoms with Gasteiger partial charge < -0.3 is 0 Å². The van der Waals surface area contributed by atoms with Gasteiger partial charge in [-0.1, -0.05) is 54.6 Å². The zero-order valence-corrected chi connectivity index (χ0v) is 17.4. The second-order valence-electron chi connectivity index (χ2n) is 7.59. The van der Waals surface area contributed by atoms with Crippen LogP contribution in [0.2, 0.25) is 0 Å². The van der Waals surface area contributed by atoms with Crippen LogP contribution >= 0.6 is 0 Å². The van der Waals surface area contributed by atoms with E-state index in [1.807, 2.05) is 54.0 Å². The Morgan fingerprint density at radius 3 is 2.67 bits per heavy atom. The Balaban J connectivity index is 1.80. The van der Waals surface area contributed by atoms with Crippen molar-refractivity contribution < 1.29 is 0 Å². The van der Waals surface area contributed by atoms with Gasteiger partial charge in [-0.05, 0) is 19.4 Å². The highest BCUT2D eigenvalue weighted by molar-refractivity contribution is 5.87. The third-order valence-electron chi connectivity index (χ3n) is 4.94. The Bertz CT molecular complexity index is 1310. The lowest BCUT2D eigenvalue weighted by atomic mass is 10.2. The SMILES string of the molecule is C=C(C)Cn1c(=O)c2c(nc3n2CC(C)=NN3CC=Cc2ccccc2)n(C)c1=O. The Morgan fingerprint density at radius 2 is 1.97 bits per heavy atom. The first kappa shape index (κ1) is 19.6. The highest BCUT2D eigenvalue weighted by atomic mass is 16.2. The summed E-state index contributed by atoms with van der Waals surface area (Å²) in [5.74, 6) is 0.550. The number of aryl methyl sites for hydroxylation is 1. The topological polar surface area (TPSA) is 77.4 Å². The summed E-state index contributed by atoms with van der Waals surface area (Å²) < 4.78 is 4.46. The Labute approximate surface area is 173 Å². The second-order valence-corrected chi connectivity index (χ2v) is 7.59. The molecular weight excluding hydrogens is 380 g/mol. The van der Waals surface area contributed by atoms with Crippen molar-refractivity contribution in [2.24, 2.45) is 12.1 Å². The number of hydrazone groups is 1. The van der Waals surface area contributed by atoms with Crippen molar-refractivity contribution in [2.75, 3.05) is 11.6 Å². The van der Waals surface area contributed by atoms with Gasteiger partial charge >= 0.3 is 5.69 Å². The van der Waals surface area contributed by atoms with E-state index in [2.05, 4.69) is 16.7 Å². The quantitative estimate of drug-likeness (QED) is 0.612. The van der Waals surface area contributed by atoms with Gasteiger partial charge in [0, 0.05) is 7.05 Å². The van der Waals surface area contributed by atoms with E-state index in [0.29, 0.717) is 30.2 Å². The van der Waals surface area contributed by atoms with Gasteiger partial charge in [-0.25, -0.2) is 9.80 Å². The monoisotopic (exact) mass is 404 g/mol. The minimum atomic E-state index is -0.404. The number of fused-ring (bicyclic) bond motifs is 3. The minimum absolute atomic E-state index is 0.179. The largest absolute Gasteiger partial charge is 0.332 e. The van der Waals surface area contributed by atoms with Crippen LogP contribution < -0.4 is 16.3 Å². The van der Waals surface area contributed by atoms with Crippen molar-refractivity contribution in [3.05, 3.63) is 75.0 Å². The molecule has 8 heteroatoms. The van der Waals surface area contributed by atoms with E-state index in [9.17, 15) is 9.59 Å². The number of benzene rings is 1. The van der Waals surface area contributed by atoms with Crippen LogP contribution in [-0.4, -0.2) is 30.9 Å². The molecule has 3 aromatic rings. The average molecular weight is 404 g/mol. The minimum Gasteiger partial charge on any atom is -0.297 e. The molecule has 4 rings (SSSR count). The third kappa shape index (κ3) is 3.41. The summed E-state index contributed by atoms with van der Waals surface area (Å²) in [4.78, 5) is 30.5. The predicted molar refractivity (Wildman–Crippen MR) is 120 cm³/mol. The first-order valence-electron chi connectivity index (χ1n) is 9.74. The van der Waals surface area contributed by atoms with Gasteiger partial charge in [-0.15, -0.1) is 0 Å². The van der Waals surface area contributed by atoms with Crippen molar-refractivity contribution >= 4 is 28.9 Å². The highest BCUT2D eigenvalue weighted by Crippen LogP contribution is 2.23. The molecule has 8 nitrogen and oxygen atoms in total. The van der Waals surface area contributed by atoms with Gasteiger partial charge in [0.05, 0.1) is 25.3 Å². The second kappa shape index (κ2) is 7.62. The fraction of sp³-hybridized carbons (Fsp3) is 0.273. The number of aromatic nitrogens is 4. The summed E-state index contributed by atoms with van der Waals surface area (Å²) in [5.41, 5.74) is 2.68. The average Bonchev–Trinajstić information content (AvgIpc) is 3.10. The van der Waals surface area contributed by atoms with Gasteiger partial charge in [-0.3, -0.25) is 18.5 Å². The molecule has 0 aliphatic carbocycles. The Morgan fingerprint density at radius 1 is 1.23 bits per heavy atom. The van der Waals surface area contributed by atoms with Crippen LogP contribution in [0.25, 0.3) is 17.2 Å². The number of nitrogens with zero attached hydrogens (tertiary/aromatic N) is 6. The molecule has 0 amide bonds. The molecule has 0 bridgehead atoms. The number of rotatable bonds is 5. The van der Waals surface area contributed by atoms with Crippen molar-refractivity contribution in [1.82, 2.24) is 18.7 Å². The molecule has 0 N–H and O–H groups in total. The first-order chi connectivity index (χ1) is 14.4. The maximum absolute atomic E-state index is 13.2. The first-order valence-corrected chi connectivity index (χ1v) is 9.74. The zero-order valence-electron chi connectivity index (χ0n) is 17.4. The lowest BCUT2D eigenvalue weighted by Crippen LogP contribution is -2.40. The van der Waals surface area contributed by atoms with E-state index < -0.39 is 5.69 Å². The maximum Gasteiger partial charge on any atom is 0.332 e. The van der Waals surface area contributed by atoms with E-state index in [1.165, 1.54) is 9.13 Å². The van der Waals surface area contributed by atoms with Crippen molar-refractivity contribution in [1.29, 1.82) is 0 Å². The lowest BCUT2D eigenvalue weighted by Gasteiger charge is -2.23. The van der Waals surface area contributed by atoms with Gasteiger partial charge in [0.2, 0.25) is 5.95 Å². The Kier molecular flexibility index (Phi) is 4.99. The van der Waals surface area contributed by atoms with Crippen LogP contribution in [0.15, 0.2) is 63.3 Å². The summed E-state index contributed by atoms with van der Waals surface area (Å²) in [6.45, 7) is 8.66. The van der Waals surface area contributed by atoms with Crippen LogP contribution in [0.1, 0.15) is 19.4 Å². The molecule has 1 aliphatic heterocycles. The molecule has 1 aliphatic rings. The van der Waals surface area contributed by atoms with Crippen molar-refractivity contribution in [3.8, 4) is 0 Å². The summed E-state index contributed by atoms with van der Waals surface area (Å²) in [7, 11) is 1.63. The van der Waals surface area contributed by atoms with Crippen molar-refractivity contribution in [2.45, 2.75) is 26.9 Å². The van der Waals surface area contributed by atoms with Crippen LogP contribution in [0.5, 0.6) is 0 Å². The molecule has 2 aromatic heterocycles. The number of allylic oxidation sites excluding steroid dienone is 1. The van der Waals surface area contributed by atoms with E-state index in [0.717, 1.165) is 16.8 Å². The molecule has 154 valence electrons. The van der Waals surface area contributed by atoms with Crippen LogP contribution in [0.4, 0.5) is 5.95 Å². The van der Waals surface area contributed by atoms with E-state index >= 15 is 0 Å². The Hall–Kier alpha value is -3.68. The molecule has 0 atom stereocenters. The summed E-state index contributed by atoms with van der Waals surface area (Å²) in [6, 6.07) is 9.99. The summed E-state index contributed by atoms with van der Waals surface area (Å²) in [6.07, 6.45) is 4.02. The number of hydrogen-bond acceptors (Lipinski definition) is 5. The van der Waals surface area contributed by atoms with Crippen LogP contribution in [0.3, 0.4) is 0 Å². The van der Waals surface area contributed by atoms with E-state index in [4.69, 9.17) is 0 Å². The molecule has 0 fully saturated rings. The van der Waals surface area contributed by atoms with Gasteiger partial charge in [-0.2, -0.15) is 10.1 Å². The fourth-order valence-corrected chi connectivity index (χ4v) is 3.60. The number of anilines is 1. The summed E-state index contributed by atoms with van der Waals surface area (Å²) in [5, 5.41) is 6.36. The maximum atomic E-state index is 13.2. The number of hydrogen-bond donors (Lipinski definition) is 0. The van der Waals surface area contributed by atoms with E-state index in [1.54, 1.807) is 19.0 Å². The standard InChI is InChI=1S/C22H24N6O2/c1-15(2)13-27-20(29)18-19(25(4)22(27)30)23-21-26(18)14-16(3)24-28(21)12-8-11-17-9-6-5-7-10-17/h5-11H,1,12-14H2,2-4H3. The van der Waals surface area contributed by atoms with Gasteiger partial charge in [0.1, 0.15) is 0 Å². The van der Waals surface area contributed by atoms with Gasteiger partial charge in [0.15, 0.2) is 11.2 Å². The van der Waals surface area contributed by atoms with Crippen LogP contribution in [0, 0.1) is 0 Å². The summed E-state index contributed by atoms with van der Waals surface area (Å²) >= 11 is 0. The molecule has 0 unspecified atom stereocenters. The molecule has 30 heavy (non-hydrogen) atoms. The molecule has 1 aromatic carbocycles.